The molecule has 0 aromatic carbocycles. The smallest absolute Gasteiger partial charge is 0.0789 e. The molecule has 2 atom stereocenters. The molecule has 0 aliphatic heterocycles. The van der Waals surface area contributed by atoms with Gasteiger partial charge in [-0.3, -0.25) is 4.90 Å². The van der Waals surface area contributed by atoms with E-state index in [2.05, 4.69) is 11.8 Å². The van der Waals surface area contributed by atoms with Crippen molar-refractivity contribution in [2.24, 2.45) is 5.73 Å². The third kappa shape index (κ3) is 6.81. The monoisotopic (exact) mass is 220 g/mol. The van der Waals surface area contributed by atoms with Crippen LogP contribution in [0.25, 0.3) is 0 Å². The van der Waals surface area contributed by atoms with E-state index in [4.69, 9.17) is 15.2 Å². The van der Waals surface area contributed by atoms with Crippen LogP contribution >= 0.6 is 0 Å². The highest BCUT2D eigenvalue weighted by Gasteiger charge is 2.16. The number of nitrogens with zero attached hydrogens (tertiary/aromatic N) is 1. The van der Waals surface area contributed by atoms with Crippen LogP contribution in [0, 0.1) is 0 Å². The quantitative estimate of drug-likeness (QED) is 0.537. The van der Waals surface area contributed by atoms with E-state index in [0.29, 0.717) is 19.8 Å². The summed E-state index contributed by atoms with van der Waals surface area (Å²) in [5.74, 6) is 0. The van der Waals surface area contributed by atoms with Crippen LogP contribution < -0.4 is 5.73 Å². The average molecular weight is 220 g/mol. The molecule has 0 aromatic rings. The van der Waals surface area contributed by atoms with Crippen molar-refractivity contribution in [2.45, 2.75) is 19.1 Å². The first-order valence-corrected chi connectivity index (χ1v) is 5.25. The van der Waals surface area contributed by atoms with Gasteiger partial charge in [-0.2, -0.15) is 0 Å². The number of hydrogen-bond donors (Lipinski definition) is 2. The molecule has 0 rings (SSSR count). The molecule has 0 saturated carbocycles. The van der Waals surface area contributed by atoms with Gasteiger partial charge in [0.2, 0.25) is 0 Å². The normalized spacial score (nSPS) is 15.6. The summed E-state index contributed by atoms with van der Waals surface area (Å²) < 4.78 is 10.1. The van der Waals surface area contributed by atoms with E-state index in [-0.39, 0.29) is 12.6 Å². The van der Waals surface area contributed by atoms with E-state index in [1.165, 1.54) is 0 Å². The minimum absolute atomic E-state index is 0.256. The van der Waals surface area contributed by atoms with Crippen molar-refractivity contribution in [2.75, 3.05) is 47.1 Å². The van der Waals surface area contributed by atoms with E-state index in [1.807, 2.05) is 0 Å². The summed E-state index contributed by atoms with van der Waals surface area (Å²) in [7, 11) is 3.34. The van der Waals surface area contributed by atoms with Gasteiger partial charge in [-0.15, -0.1) is 0 Å². The second-order valence-corrected chi connectivity index (χ2v) is 3.68. The van der Waals surface area contributed by atoms with Gasteiger partial charge in [-0.1, -0.05) is 0 Å². The summed E-state index contributed by atoms with van der Waals surface area (Å²) in [5.41, 5.74) is 5.38. The average Bonchev–Trinajstić information content (AvgIpc) is 2.24. The number of aliphatic hydroxyl groups is 1. The summed E-state index contributed by atoms with van der Waals surface area (Å²) in [4.78, 5) is 2.12. The molecular weight excluding hydrogens is 196 g/mol. The fraction of sp³-hybridized carbons (Fsp3) is 1.00. The molecule has 15 heavy (non-hydrogen) atoms. The van der Waals surface area contributed by atoms with Crippen molar-refractivity contribution in [3.05, 3.63) is 0 Å². The zero-order chi connectivity index (χ0) is 11.7. The van der Waals surface area contributed by atoms with Gasteiger partial charge < -0.3 is 20.3 Å². The lowest BCUT2D eigenvalue weighted by Gasteiger charge is -2.29. The van der Waals surface area contributed by atoms with Crippen LogP contribution in [0.1, 0.15) is 6.92 Å². The number of hydrogen-bond acceptors (Lipinski definition) is 5. The third-order valence-electron chi connectivity index (χ3n) is 2.33. The molecular formula is C10H24N2O3. The van der Waals surface area contributed by atoms with Gasteiger partial charge in [0.1, 0.15) is 0 Å². The zero-order valence-electron chi connectivity index (χ0n) is 9.98. The van der Waals surface area contributed by atoms with Gasteiger partial charge in [-0.25, -0.2) is 0 Å². The van der Waals surface area contributed by atoms with E-state index in [0.717, 1.165) is 6.54 Å². The molecule has 0 fully saturated rings. The van der Waals surface area contributed by atoms with E-state index in [9.17, 15) is 5.11 Å². The molecule has 0 bridgehead atoms. The van der Waals surface area contributed by atoms with E-state index < -0.39 is 6.10 Å². The Labute approximate surface area is 92.1 Å². The van der Waals surface area contributed by atoms with Gasteiger partial charge in [0.15, 0.2) is 0 Å². The number of ether oxygens (including phenoxy) is 2. The maximum Gasteiger partial charge on any atom is 0.0789 e. The molecule has 0 aliphatic rings. The summed E-state index contributed by atoms with van der Waals surface area (Å²) in [6.07, 6.45) is -0.485. The fourth-order valence-corrected chi connectivity index (χ4v) is 1.39. The summed E-state index contributed by atoms with van der Waals surface area (Å²) >= 11 is 0. The van der Waals surface area contributed by atoms with Gasteiger partial charge >= 0.3 is 0 Å². The molecule has 92 valence electrons. The maximum absolute atomic E-state index is 9.50. The molecule has 0 saturated heterocycles. The Kier molecular flexibility index (Phi) is 8.94. The molecule has 0 aliphatic carbocycles. The predicted octanol–water partition coefficient (Wildman–Crippen LogP) is -0.711. The molecule has 3 N–H and O–H groups in total. The first-order chi connectivity index (χ1) is 7.15. The van der Waals surface area contributed by atoms with E-state index in [1.54, 1.807) is 14.2 Å². The van der Waals surface area contributed by atoms with Crippen LogP contribution in [0.4, 0.5) is 0 Å². The van der Waals surface area contributed by atoms with Crippen molar-refractivity contribution < 1.29 is 14.6 Å². The second kappa shape index (κ2) is 9.06. The van der Waals surface area contributed by atoms with Crippen molar-refractivity contribution >= 4 is 0 Å². The Bertz CT molecular complexity index is 147. The summed E-state index contributed by atoms with van der Waals surface area (Å²) in [5, 5.41) is 9.50. The standard InChI is InChI=1S/C10H24N2O3/c1-9(8-15-3)12(4-5-14-2)7-10(13)6-11/h9-10,13H,4-8,11H2,1-3H3. The molecule has 5 nitrogen and oxygen atoms in total. The van der Waals surface area contributed by atoms with Gasteiger partial charge in [0.05, 0.1) is 19.3 Å². The molecule has 5 heteroatoms. The van der Waals surface area contributed by atoms with E-state index >= 15 is 0 Å². The number of aliphatic hydroxyl groups excluding tert-OH is 1. The summed E-state index contributed by atoms with van der Waals surface area (Å²) in [6.45, 7) is 4.96. The number of methoxy groups -OCH3 is 2. The number of nitrogens with two attached hydrogens (primary N) is 1. The second-order valence-electron chi connectivity index (χ2n) is 3.68. The molecule has 0 heterocycles. The fourth-order valence-electron chi connectivity index (χ4n) is 1.39. The molecule has 0 amide bonds. The van der Waals surface area contributed by atoms with Crippen LogP contribution in [0.5, 0.6) is 0 Å². The van der Waals surface area contributed by atoms with Crippen LogP contribution in [-0.2, 0) is 9.47 Å². The minimum atomic E-state index is -0.485. The van der Waals surface area contributed by atoms with Crippen LogP contribution in [0.15, 0.2) is 0 Å². The first-order valence-electron chi connectivity index (χ1n) is 5.25. The lowest BCUT2D eigenvalue weighted by atomic mass is 10.2. The SMILES string of the molecule is COCCN(CC(O)CN)C(C)COC. The Morgan fingerprint density at radius 2 is 2.00 bits per heavy atom. The van der Waals surface area contributed by atoms with Crippen molar-refractivity contribution in [3.63, 3.8) is 0 Å². The lowest BCUT2D eigenvalue weighted by Crippen LogP contribution is -2.44. The highest BCUT2D eigenvalue weighted by Crippen LogP contribution is 2.01. The van der Waals surface area contributed by atoms with Crippen molar-refractivity contribution in [1.29, 1.82) is 0 Å². The highest BCUT2D eigenvalue weighted by atomic mass is 16.5. The summed E-state index contributed by atoms with van der Waals surface area (Å²) in [6, 6.07) is 0.256. The molecule has 2 unspecified atom stereocenters. The number of rotatable bonds is 9. The van der Waals surface area contributed by atoms with Gasteiger partial charge in [-0.05, 0) is 6.92 Å². The Balaban J connectivity index is 4.03. The van der Waals surface area contributed by atoms with Crippen LogP contribution in [0.3, 0.4) is 0 Å². The largest absolute Gasteiger partial charge is 0.390 e. The molecule has 0 spiro atoms. The first kappa shape index (κ1) is 14.8. The van der Waals surface area contributed by atoms with Crippen LogP contribution in [0.2, 0.25) is 0 Å². The Hall–Kier alpha value is -0.200. The van der Waals surface area contributed by atoms with Gasteiger partial charge in [0.25, 0.3) is 0 Å². The minimum Gasteiger partial charge on any atom is -0.390 e. The molecule has 0 aromatic heterocycles. The van der Waals surface area contributed by atoms with Crippen molar-refractivity contribution in [3.8, 4) is 0 Å². The predicted molar refractivity (Wildman–Crippen MR) is 59.8 cm³/mol. The van der Waals surface area contributed by atoms with Gasteiger partial charge in [0, 0.05) is 39.9 Å². The topological polar surface area (TPSA) is 68.0 Å². The zero-order valence-corrected chi connectivity index (χ0v) is 9.98. The Morgan fingerprint density at radius 3 is 2.47 bits per heavy atom. The highest BCUT2D eigenvalue weighted by molar-refractivity contribution is 4.71. The molecule has 0 radical (unpaired) electrons. The third-order valence-corrected chi connectivity index (χ3v) is 2.33. The Morgan fingerprint density at radius 1 is 1.33 bits per heavy atom. The lowest BCUT2D eigenvalue weighted by molar-refractivity contribution is 0.0415. The maximum atomic E-state index is 9.50. The van der Waals surface area contributed by atoms with Crippen LogP contribution in [-0.4, -0.2) is 69.2 Å². The van der Waals surface area contributed by atoms with Crippen molar-refractivity contribution in [1.82, 2.24) is 4.90 Å².